The van der Waals surface area contributed by atoms with Crippen LogP contribution >= 0.6 is 0 Å². The van der Waals surface area contributed by atoms with Gasteiger partial charge in [-0.15, -0.1) is 0 Å². The van der Waals surface area contributed by atoms with Gasteiger partial charge < -0.3 is 19.3 Å². The van der Waals surface area contributed by atoms with Crippen LogP contribution in [0.15, 0.2) is 30.3 Å². The van der Waals surface area contributed by atoms with Gasteiger partial charge in [0.2, 0.25) is 0 Å². The summed E-state index contributed by atoms with van der Waals surface area (Å²) in [5, 5.41) is 9.10. The van der Waals surface area contributed by atoms with Gasteiger partial charge in [-0.25, -0.2) is 0 Å². The van der Waals surface area contributed by atoms with Crippen molar-refractivity contribution in [2.45, 2.75) is 63.5 Å². The molecule has 2 aliphatic heterocycles. The number of carboxylic acids is 1. The van der Waals surface area contributed by atoms with Crippen molar-refractivity contribution in [1.82, 2.24) is 4.90 Å². The summed E-state index contributed by atoms with van der Waals surface area (Å²) < 4.78 is 59.6. The fourth-order valence-electron chi connectivity index (χ4n) is 5.65. The van der Waals surface area contributed by atoms with Crippen molar-refractivity contribution < 1.29 is 37.3 Å². The largest absolute Gasteiger partial charge is 0.492 e. The third-order valence-corrected chi connectivity index (χ3v) is 7.23. The van der Waals surface area contributed by atoms with Crippen LogP contribution in [0.4, 0.5) is 13.2 Å². The Balaban J connectivity index is 1.39. The van der Waals surface area contributed by atoms with Crippen LogP contribution < -0.4 is 9.47 Å². The summed E-state index contributed by atoms with van der Waals surface area (Å²) in [6, 6.07) is 8.08. The van der Waals surface area contributed by atoms with Gasteiger partial charge in [-0.1, -0.05) is 12.1 Å². The lowest BCUT2D eigenvalue weighted by Gasteiger charge is -2.38. The number of hydrogen-bond donors (Lipinski definition) is 1. The molecule has 3 aliphatic rings. The van der Waals surface area contributed by atoms with Crippen LogP contribution in [0.1, 0.15) is 66.5 Å². The third kappa shape index (κ3) is 5.04. The summed E-state index contributed by atoms with van der Waals surface area (Å²) in [5.41, 5.74) is 1.69. The Hall–Kier alpha value is -2.78. The van der Waals surface area contributed by atoms with Gasteiger partial charge in [0.15, 0.2) is 0 Å². The second kappa shape index (κ2) is 9.27. The number of halogens is 3. The molecular weight excluding hydrogens is 475 g/mol. The Morgan fingerprint density at radius 1 is 1.22 bits per heavy atom. The van der Waals surface area contributed by atoms with Gasteiger partial charge in [0.1, 0.15) is 17.6 Å². The van der Waals surface area contributed by atoms with E-state index in [0.29, 0.717) is 56.2 Å². The maximum atomic E-state index is 14.0. The molecule has 2 heterocycles. The SMILES string of the molecule is CC1(C)CN(Cc2c(C(F)(F)F)ccc3c2CCC3Oc2ccc3c(c2)OCC3CC(=O)O)CCO1. The summed E-state index contributed by atoms with van der Waals surface area (Å²) in [7, 11) is 0. The van der Waals surface area contributed by atoms with Crippen molar-refractivity contribution in [3.63, 3.8) is 0 Å². The summed E-state index contributed by atoms with van der Waals surface area (Å²) >= 11 is 0. The Kier molecular flexibility index (Phi) is 6.41. The molecular formula is C27H30F3NO5. The average molecular weight is 506 g/mol. The van der Waals surface area contributed by atoms with E-state index in [1.807, 2.05) is 24.8 Å². The molecule has 0 amide bonds. The Bertz CT molecular complexity index is 1160. The van der Waals surface area contributed by atoms with Crippen LogP contribution in [0.25, 0.3) is 0 Å². The van der Waals surface area contributed by atoms with E-state index >= 15 is 0 Å². The molecule has 2 aromatic carbocycles. The maximum Gasteiger partial charge on any atom is 0.416 e. The highest BCUT2D eigenvalue weighted by Gasteiger charge is 2.39. The Morgan fingerprint density at radius 2 is 2.00 bits per heavy atom. The fourth-order valence-corrected chi connectivity index (χ4v) is 5.65. The summed E-state index contributed by atoms with van der Waals surface area (Å²) in [4.78, 5) is 13.1. The van der Waals surface area contributed by atoms with Crippen molar-refractivity contribution in [3.8, 4) is 11.5 Å². The van der Waals surface area contributed by atoms with Crippen molar-refractivity contribution in [2.24, 2.45) is 0 Å². The number of ether oxygens (including phenoxy) is 3. The summed E-state index contributed by atoms with van der Waals surface area (Å²) in [6.07, 6.45) is -3.72. The molecule has 1 N–H and O–H groups in total. The van der Waals surface area contributed by atoms with Gasteiger partial charge in [-0.05, 0) is 55.5 Å². The first-order chi connectivity index (χ1) is 17.0. The molecule has 0 radical (unpaired) electrons. The number of rotatable bonds is 6. The van der Waals surface area contributed by atoms with Crippen LogP contribution in [0.3, 0.4) is 0 Å². The molecule has 1 fully saturated rings. The lowest BCUT2D eigenvalue weighted by atomic mass is 9.95. The Morgan fingerprint density at radius 3 is 2.72 bits per heavy atom. The minimum atomic E-state index is -4.44. The number of aliphatic carboxylic acids is 1. The van der Waals surface area contributed by atoms with Crippen LogP contribution in [-0.2, 0) is 28.7 Å². The third-order valence-electron chi connectivity index (χ3n) is 7.23. The number of carbonyl (C=O) groups is 1. The molecule has 194 valence electrons. The minimum absolute atomic E-state index is 0.00611. The predicted molar refractivity (Wildman–Crippen MR) is 125 cm³/mol. The molecule has 5 rings (SSSR count). The summed E-state index contributed by atoms with van der Waals surface area (Å²) in [6.45, 7) is 6.06. The average Bonchev–Trinajstić information content (AvgIpc) is 3.36. The number of alkyl halides is 3. The molecule has 1 aliphatic carbocycles. The van der Waals surface area contributed by atoms with E-state index in [2.05, 4.69) is 0 Å². The van der Waals surface area contributed by atoms with Gasteiger partial charge >= 0.3 is 12.1 Å². The van der Waals surface area contributed by atoms with Crippen molar-refractivity contribution >= 4 is 5.97 Å². The first-order valence-corrected chi connectivity index (χ1v) is 12.2. The minimum Gasteiger partial charge on any atom is -0.492 e. The number of carboxylic acid groups (broad SMARTS) is 1. The van der Waals surface area contributed by atoms with E-state index in [0.717, 1.165) is 16.7 Å². The van der Waals surface area contributed by atoms with Gasteiger partial charge in [0.05, 0.1) is 30.8 Å². The highest BCUT2D eigenvalue weighted by Crippen LogP contribution is 2.44. The van der Waals surface area contributed by atoms with Gasteiger partial charge in [0.25, 0.3) is 0 Å². The number of fused-ring (bicyclic) bond motifs is 2. The van der Waals surface area contributed by atoms with E-state index in [1.165, 1.54) is 6.07 Å². The van der Waals surface area contributed by atoms with Gasteiger partial charge in [-0.2, -0.15) is 13.2 Å². The van der Waals surface area contributed by atoms with E-state index in [1.54, 1.807) is 18.2 Å². The molecule has 2 unspecified atom stereocenters. The second-order valence-electron chi connectivity index (χ2n) is 10.4. The molecule has 9 heteroatoms. The normalized spacial score (nSPS) is 23.1. The van der Waals surface area contributed by atoms with E-state index in [9.17, 15) is 18.0 Å². The number of hydrogen-bond acceptors (Lipinski definition) is 5. The monoisotopic (exact) mass is 505 g/mol. The number of benzene rings is 2. The fraction of sp³-hybridized carbons (Fsp3) is 0.519. The quantitative estimate of drug-likeness (QED) is 0.572. The zero-order chi connectivity index (χ0) is 25.7. The van der Waals surface area contributed by atoms with Crippen LogP contribution in [-0.4, -0.2) is 47.9 Å². The van der Waals surface area contributed by atoms with Crippen LogP contribution in [0.2, 0.25) is 0 Å². The first kappa shape index (κ1) is 24.9. The molecule has 0 spiro atoms. The zero-order valence-corrected chi connectivity index (χ0v) is 20.4. The van der Waals surface area contributed by atoms with Crippen LogP contribution in [0.5, 0.6) is 11.5 Å². The molecule has 0 bridgehead atoms. The van der Waals surface area contributed by atoms with Crippen LogP contribution in [0, 0.1) is 0 Å². The van der Waals surface area contributed by atoms with Gasteiger partial charge in [-0.3, -0.25) is 9.69 Å². The number of nitrogens with zero attached hydrogens (tertiary/aromatic N) is 1. The second-order valence-corrected chi connectivity index (χ2v) is 10.4. The smallest absolute Gasteiger partial charge is 0.416 e. The molecule has 6 nitrogen and oxygen atoms in total. The van der Waals surface area contributed by atoms with Crippen molar-refractivity contribution in [2.75, 3.05) is 26.3 Å². The molecule has 2 aromatic rings. The molecule has 1 saturated heterocycles. The Labute approximate surface area is 207 Å². The zero-order valence-electron chi connectivity index (χ0n) is 20.4. The highest BCUT2D eigenvalue weighted by molar-refractivity contribution is 5.68. The van der Waals surface area contributed by atoms with E-state index in [-0.39, 0.29) is 25.0 Å². The molecule has 2 atom stereocenters. The van der Waals surface area contributed by atoms with Crippen molar-refractivity contribution in [1.29, 1.82) is 0 Å². The predicted octanol–water partition coefficient (Wildman–Crippen LogP) is 5.33. The lowest BCUT2D eigenvalue weighted by Crippen LogP contribution is -2.48. The molecule has 0 aromatic heterocycles. The van der Waals surface area contributed by atoms with Crippen molar-refractivity contribution in [3.05, 3.63) is 58.1 Å². The highest BCUT2D eigenvalue weighted by atomic mass is 19.4. The topological polar surface area (TPSA) is 68.2 Å². The van der Waals surface area contributed by atoms with E-state index in [4.69, 9.17) is 19.3 Å². The number of morpholine rings is 1. The lowest BCUT2D eigenvalue weighted by molar-refractivity contribution is -0.139. The van der Waals surface area contributed by atoms with E-state index < -0.39 is 23.3 Å². The first-order valence-electron chi connectivity index (χ1n) is 12.2. The maximum absolute atomic E-state index is 14.0. The van der Waals surface area contributed by atoms with Gasteiger partial charge in [0, 0.05) is 37.2 Å². The molecule has 36 heavy (non-hydrogen) atoms. The summed E-state index contributed by atoms with van der Waals surface area (Å²) in [5.74, 6) is 0.0697. The standard InChI is InChI=1S/C27H30F3NO5/c1-26(2)15-31(9-10-35-26)13-21-19-6-8-23(20(19)5-7-22(21)27(28,29)30)36-17-3-4-18-16(11-25(32)33)14-34-24(18)12-17/h3-5,7,12,16,23H,6,8-11,13-15H2,1-2H3,(H,32,33). The molecule has 0 saturated carbocycles.